The van der Waals surface area contributed by atoms with Crippen molar-refractivity contribution < 1.29 is 14.0 Å². The van der Waals surface area contributed by atoms with Crippen LogP contribution in [0.25, 0.3) is 11.0 Å². The van der Waals surface area contributed by atoms with E-state index in [4.69, 9.17) is 4.42 Å². The highest BCUT2D eigenvalue weighted by atomic mass is 32.1. The van der Waals surface area contributed by atoms with E-state index in [1.165, 1.54) is 4.90 Å². The van der Waals surface area contributed by atoms with Gasteiger partial charge in [0, 0.05) is 18.2 Å². The summed E-state index contributed by atoms with van der Waals surface area (Å²) in [6.07, 6.45) is 0.699. The van der Waals surface area contributed by atoms with Gasteiger partial charge in [0.25, 0.3) is 0 Å². The Kier molecular flexibility index (Phi) is 3.10. The number of carbonyl (C=O) groups excluding carboxylic acids is 2. The highest BCUT2D eigenvalue weighted by Gasteiger charge is 2.32. The summed E-state index contributed by atoms with van der Waals surface area (Å²) in [7, 11) is 0. The predicted octanol–water partition coefficient (Wildman–Crippen LogP) is 1.64. The number of rotatable bonds is 2. The lowest BCUT2D eigenvalue weighted by atomic mass is 10.1. The number of aldehydes is 1. The molecule has 0 bridgehead atoms. The molecule has 1 unspecified atom stereocenters. The molecule has 1 aliphatic heterocycles. The van der Waals surface area contributed by atoms with Gasteiger partial charge in [0.05, 0.1) is 5.39 Å². The Bertz CT molecular complexity index is 767. The molecule has 0 spiro atoms. The van der Waals surface area contributed by atoms with Crippen molar-refractivity contribution >= 4 is 41.7 Å². The van der Waals surface area contributed by atoms with Gasteiger partial charge < -0.3 is 4.42 Å². The van der Waals surface area contributed by atoms with E-state index >= 15 is 0 Å². The monoisotopic (exact) mass is 289 g/mol. The molecule has 1 saturated heterocycles. The molecule has 5 nitrogen and oxygen atoms in total. The third-order valence-corrected chi connectivity index (χ3v) is 3.63. The topological polar surface area (TPSA) is 67.6 Å². The third-order valence-electron chi connectivity index (χ3n) is 3.28. The van der Waals surface area contributed by atoms with E-state index in [9.17, 15) is 14.4 Å². The van der Waals surface area contributed by atoms with E-state index in [1.807, 2.05) is 0 Å². The number of hydrogen-bond donors (Lipinski definition) is 1. The number of fused-ring (bicyclic) bond motifs is 1. The molecule has 3 rings (SSSR count). The molecule has 1 amide bonds. The molecular formula is C14H11NO4S. The molecule has 0 radical (unpaired) electrons. The molecule has 0 N–H and O–H groups in total. The first-order valence-electron chi connectivity index (χ1n) is 6.11. The summed E-state index contributed by atoms with van der Waals surface area (Å²) in [4.78, 5) is 36.7. The van der Waals surface area contributed by atoms with Gasteiger partial charge in [-0.3, -0.25) is 19.3 Å². The van der Waals surface area contributed by atoms with Crippen LogP contribution >= 0.6 is 12.6 Å². The molecule has 20 heavy (non-hydrogen) atoms. The molecule has 0 aliphatic carbocycles. The van der Waals surface area contributed by atoms with Crippen LogP contribution in [0.5, 0.6) is 0 Å². The van der Waals surface area contributed by atoms with E-state index in [-0.39, 0.29) is 29.0 Å². The summed E-state index contributed by atoms with van der Waals surface area (Å²) >= 11 is 4.25. The second-order valence-electron chi connectivity index (χ2n) is 4.63. The van der Waals surface area contributed by atoms with Crippen molar-refractivity contribution in [1.82, 2.24) is 0 Å². The fourth-order valence-electron chi connectivity index (χ4n) is 2.33. The molecule has 2 heterocycles. The van der Waals surface area contributed by atoms with Crippen LogP contribution < -0.4 is 10.3 Å². The van der Waals surface area contributed by atoms with E-state index in [1.54, 1.807) is 24.3 Å². The van der Waals surface area contributed by atoms with Crippen molar-refractivity contribution in [3.8, 4) is 0 Å². The lowest BCUT2D eigenvalue weighted by molar-refractivity contribution is -0.117. The number of nitrogens with zero attached hydrogens (tertiary/aromatic N) is 1. The van der Waals surface area contributed by atoms with Crippen LogP contribution in [0.15, 0.2) is 33.5 Å². The zero-order valence-electron chi connectivity index (χ0n) is 10.4. The van der Waals surface area contributed by atoms with E-state index in [2.05, 4.69) is 12.6 Å². The van der Waals surface area contributed by atoms with Crippen molar-refractivity contribution in [2.24, 2.45) is 0 Å². The number of para-hydroxylation sites is 1. The normalized spacial score (nSPS) is 18.8. The summed E-state index contributed by atoms with van der Waals surface area (Å²) in [5.74, 6) is -0.184. The lowest BCUT2D eigenvalue weighted by Crippen LogP contribution is -2.28. The SMILES string of the molecule is O=Cc1c(N2CC(S)CC2=O)oc2ccccc2c1=O. The number of thiol groups is 1. The fraction of sp³-hybridized carbons (Fsp3) is 0.214. The average Bonchev–Trinajstić information content (AvgIpc) is 2.77. The summed E-state index contributed by atoms with van der Waals surface area (Å²) in [6, 6.07) is 6.64. The second kappa shape index (κ2) is 4.79. The maximum Gasteiger partial charge on any atom is 0.230 e. The molecule has 6 heteroatoms. The van der Waals surface area contributed by atoms with Crippen molar-refractivity contribution in [3.05, 3.63) is 40.1 Å². The van der Waals surface area contributed by atoms with Gasteiger partial charge in [0.2, 0.25) is 17.2 Å². The first-order valence-corrected chi connectivity index (χ1v) is 6.63. The van der Waals surface area contributed by atoms with Crippen LogP contribution in [0.2, 0.25) is 0 Å². The van der Waals surface area contributed by atoms with Crippen molar-refractivity contribution in [2.75, 3.05) is 11.4 Å². The largest absolute Gasteiger partial charge is 0.439 e. The van der Waals surface area contributed by atoms with Crippen LogP contribution in [0.3, 0.4) is 0 Å². The summed E-state index contributed by atoms with van der Waals surface area (Å²) < 4.78 is 5.61. The molecule has 1 aliphatic rings. The highest BCUT2D eigenvalue weighted by molar-refractivity contribution is 7.81. The second-order valence-corrected chi connectivity index (χ2v) is 5.36. The van der Waals surface area contributed by atoms with Crippen LogP contribution in [0.1, 0.15) is 16.8 Å². The van der Waals surface area contributed by atoms with Gasteiger partial charge in [-0.2, -0.15) is 12.6 Å². The summed E-state index contributed by atoms with van der Waals surface area (Å²) in [6.45, 7) is 0.323. The average molecular weight is 289 g/mol. The first kappa shape index (κ1) is 12.9. The molecule has 1 aromatic heterocycles. The quantitative estimate of drug-likeness (QED) is 0.674. The maximum atomic E-state index is 12.3. The number of hydrogen-bond acceptors (Lipinski definition) is 5. The Morgan fingerprint density at radius 3 is 2.70 bits per heavy atom. The van der Waals surface area contributed by atoms with E-state index in [0.29, 0.717) is 23.8 Å². The van der Waals surface area contributed by atoms with Crippen molar-refractivity contribution in [1.29, 1.82) is 0 Å². The minimum absolute atomic E-state index is 0.0188. The molecular weight excluding hydrogens is 278 g/mol. The third kappa shape index (κ3) is 1.92. The van der Waals surface area contributed by atoms with Gasteiger partial charge in [-0.25, -0.2) is 0 Å². The Morgan fingerprint density at radius 1 is 1.30 bits per heavy atom. The Balaban J connectivity index is 2.27. The van der Waals surface area contributed by atoms with E-state index in [0.717, 1.165) is 0 Å². The number of carbonyl (C=O) groups is 2. The Labute approximate surface area is 119 Å². The smallest absolute Gasteiger partial charge is 0.230 e. The van der Waals surface area contributed by atoms with Crippen LogP contribution in [-0.4, -0.2) is 24.0 Å². The fourth-order valence-corrected chi connectivity index (χ4v) is 2.65. The van der Waals surface area contributed by atoms with Gasteiger partial charge in [-0.1, -0.05) is 12.1 Å². The molecule has 0 saturated carbocycles. The molecule has 1 atom stereocenters. The molecule has 2 aromatic rings. The van der Waals surface area contributed by atoms with Gasteiger partial charge >= 0.3 is 0 Å². The van der Waals surface area contributed by atoms with Crippen LogP contribution in [0, 0.1) is 0 Å². The number of anilines is 1. The predicted molar refractivity (Wildman–Crippen MR) is 77.6 cm³/mol. The van der Waals surface area contributed by atoms with Crippen LogP contribution in [0.4, 0.5) is 5.88 Å². The number of benzene rings is 1. The maximum absolute atomic E-state index is 12.3. The van der Waals surface area contributed by atoms with Gasteiger partial charge in [-0.05, 0) is 12.1 Å². The summed E-state index contributed by atoms with van der Waals surface area (Å²) in [5, 5.41) is 0.200. The minimum atomic E-state index is -0.424. The zero-order chi connectivity index (χ0) is 14.3. The summed E-state index contributed by atoms with van der Waals surface area (Å²) in [5.41, 5.74) is -0.194. The molecule has 102 valence electrons. The van der Waals surface area contributed by atoms with Gasteiger partial charge in [-0.15, -0.1) is 0 Å². The standard InChI is InChI=1S/C14H11NO4S/c16-7-10-13(18)9-3-1-2-4-11(9)19-14(10)15-6-8(20)5-12(15)17/h1-4,7-8,20H,5-6H2. The minimum Gasteiger partial charge on any atom is -0.439 e. The molecule has 1 fully saturated rings. The van der Waals surface area contributed by atoms with Gasteiger partial charge in [0.1, 0.15) is 11.1 Å². The lowest BCUT2D eigenvalue weighted by Gasteiger charge is -2.16. The highest BCUT2D eigenvalue weighted by Crippen LogP contribution is 2.28. The molecule has 1 aromatic carbocycles. The Morgan fingerprint density at radius 2 is 2.05 bits per heavy atom. The van der Waals surface area contributed by atoms with Crippen molar-refractivity contribution in [2.45, 2.75) is 11.7 Å². The first-order chi connectivity index (χ1) is 9.61. The Hall–Kier alpha value is -2.08. The zero-order valence-corrected chi connectivity index (χ0v) is 11.3. The van der Waals surface area contributed by atoms with Crippen LogP contribution in [-0.2, 0) is 4.79 Å². The van der Waals surface area contributed by atoms with Gasteiger partial charge in [0.15, 0.2) is 6.29 Å². The number of amides is 1. The van der Waals surface area contributed by atoms with E-state index < -0.39 is 5.43 Å². The van der Waals surface area contributed by atoms with Crippen molar-refractivity contribution in [3.63, 3.8) is 0 Å².